The van der Waals surface area contributed by atoms with Crippen LogP contribution in [0.25, 0.3) is 0 Å². The van der Waals surface area contributed by atoms with Gasteiger partial charge in [-0.25, -0.2) is 8.61 Å². The summed E-state index contributed by atoms with van der Waals surface area (Å²) in [5.74, 6) is 1.15. The maximum atomic E-state index is 11.9. The third-order valence-electron chi connectivity index (χ3n) is 3.16. The Morgan fingerprint density at radius 3 is 2.88 bits per heavy atom. The van der Waals surface area contributed by atoms with Gasteiger partial charge in [-0.3, -0.25) is 0 Å². The lowest BCUT2D eigenvalue weighted by Gasteiger charge is -2.26. The summed E-state index contributed by atoms with van der Waals surface area (Å²) < 4.78 is 21.5. The van der Waals surface area contributed by atoms with Crippen LogP contribution in [-0.4, -0.2) is 39.9 Å². The molecule has 1 heterocycles. The second-order valence-corrected chi connectivity index (χ2v) is 6.99. The van der Waals surface area contributed by atoms with Gasteiger partial charge >= 0.3 is 0 Å². The number of rotatable bonds is 4. The van der Waals surface area contributed by atoms with Gasteiger partial charge in [0.2, 0.25) is 0 Å². The zero-order valence-electron chi connectivity index (χ0n) is 10.3. The summed E-state index contributed by atoms with van der Waals surface area (Å²) in [5.41, 5.74) is 0.616. The molecule has 1 aliphatic heterocycles. The van der Waals surface area contributed by atoms with Gasteiger partial charge in [0.25, 0.3) is 0 Å². The lowest BCUT2D eigenvalue weighted by molar-refractivity contribution is 0.128. The number of hydrogen-bond donors (Lipinski definition) is 1. The van der Waals surface area contributed by atoms with Crippen molar-refractivity contribution in [2.45, 2.75) is 32.3 Å². The van der Waals surface area contributed by atoms with Crippen molar-refractivity contribution in [2.75, 3.05) is 12.9 Å². The van der Waals surface area contributed by atoms with Crippen molar-refractivity contribution in [1.29, 1.82) is 0 Å². The summed E-state index contributed by atoms with van der Waals surface area (Å²) in [6.07, 6.45) is 6.06. The normalized spacial score (nSPS) is 30.8. The van der Waals surface area contributed by atoms with Crippen molar-refractivity contribution in [3.63, 3.8) is 0 Å². The van der Waals surface area contributed by atoms with Crippen molar-refractivity contribution in [1.82, 2.24) is 0 Å². The predicted molar refractivity (Wildman–Crippen MR) is 70.6 cm³/mol. The number of ether oxygens (including phenoxy) is 1. The van der Waals surface area contributed by atoms with E-state index in [4.69, 9.17) is 4.74 Å². The van der Waals surface area contributed by atoms with Crippen molar-refractivity contribution < 1.29 is 14.1 Å². The molecule has 2 aliphatic rings. The first kappa shape index (κ1) is 12.6. The largest absolute Gasteiger partial charge is 0.492 e. The molecule has 0 aromatic heterocycles. The Morgan fingerprint density at radius 2 is 2.35 bits per heavy atom. The van der Waals surface area contributed by atoms with Crippen LogP contribution in [0.5, 0.6) is 0 Å². The first-order valence-corrected chi connectivity index (χ1v) is 7.91. The zero-order chi connectivity index (χ0) is 12.5. The molecule has 17 heavy (non-hydrogen) atoms. The quantitative estimate of drug-likeness (QED) is 0.769. The lowest BCUT2D eigenvalue weighted by Crippen LogP contribution is -2.22. The first-order valence-electron chi connectivity index (χ1n) is 5.92. The molecule has 1 saturated carbocycles. The second-order valence-electron chi connectivity index (χ2n) is 4.82. The number of aliphatic hydroxyl groups excluding tert-OH is 1. The summed E-state index contributed by atoms with van der Waals surface area (Å²) in [7, 11) is -2.33. The molecule has 96 valence electrons. The van der Waals surface area contributed by atoms with Crippen LogP contribution >= 0.6 is 0 Å². The summed E-state index contributed by atoms with van der Waals surface area (Å²) >= 11 is 0. The monoisotopic (exact) mass is 257 g/mol. The van der Waals surface area contributed by atoms with E-state index in [2.05, 4.69) is 4.40 Å². The third kappa shape index (κ3) is 3.10. The topological polar surface area (TPSA) is 58.9 Å². The van der Waals surface area contributed by atoms with E-state index in [1.807, 2.05) is 0 Å². The summed E-state index contributed by atoms with van der Waals surface area (Å²) in [5, 5.41) is 11.1. The Morgan fingerprint density at radius 1 is 1.65 bits per heavy atom. The van der Waals surface area contributed by atoms with Crippen molar-refractivity contribution in [3.05, 3.63) is 11.3 Å². The van der Waals surface area contributed by atoms with E-state index >= 15 is 0 Å². The first-order chi connectivity index (χ1) is 7.98. The number of nitrogens with zero attached hydrogens (tertiary/aromatic N) is 1. The van der Waals surface area contributed by atoms with Crippen LogP contribution in [0, 0.1) is 5.92 Å². The Kier molecular flexibility index (Phi) is 3.58. The van der Waals surface area contributed by atoms with Gasteiger partial charge in [-0.15, -0.1) is 0 Å². The molecule has 1 fully saturated rings. The fourth-order valence-corrected chi connectivity index (χ4v) is 2.81. The lowest BCUT2D eigenvalue weighted by atomic mass is 9.86. The number of aliphatic hydroxyl groups is 1. The van der Waals surface area contributed by atoms with Crippen LogP contribution in [0.3, 0.4) is 0 Å². The second kappa shape index (κ2) is 4.82. The van der Waals surface area contributed by atoms with Gasteiger partial charge in [-0.05, 0) is 25.7 Å². The molecule has 2 rings (SSSR count). The standard InChI is InChI=1S/C12H19NO3S/c1-9(14)11-6-13-17(2,15)8-12(11)16-7-10-4-3-5-10/h6,8-10,14H,3-5,7H2,1-2H3. The average molecular weight is 257 g/mol. The highest BCUT2D eigenvalue weighted by Crippen LogP contribution is 2.27. The Labute approximate surface area is 103 Å². The van der Waals surface area contributed by atoms with Crippen LogP contribution in [0.1, 0.15) is 26.2 Å². The third-order valence-corrected chi connectivity index (χ3v) is 4.34. The number of allylic oxidation sites excluding steroid dienone is 1. The maximum absolute atomic E-state index is 11.9. The molecule has 4 nitrogen and oxygen atoms in total. The molecule has 0 saturated heterocycles. The minimum Gasteiger partial charge on any atom is -0.492 e. The van der Waals surface area contributed by atoms with E-state index in [1.165, 1.54) is 30.8 Å². The van der Waals surface area contributed by atoms with Gasteiger partial charge in [-0.1, -0.05) is 6.42 Å². The van der Waals surface area contributed by atoms with E-state index in [1.54, 1.807) is 13.2 Å². The molecule has 1 aliphatic carbocycles. The van der Waals surface area contributed by atoms with Gasteiger partial charge in [-0.2, -0.15) is 0 Å². The fourth-order valence-electron chi connectivity index (χ4n) is 1.82. The van der Waals surface area contributed by atoms with Gasteiger partial charge in [0.15, 0.2) is 0 Å². The molecule has 5 heteroatoms. The molecule has 2 atom stereocenters. The molecule has 0 aromatic carbocycles. The highest BCUT2D eigenvalue weighted by Gasteiger charge is 2.21. The molecule has 0 aromatic rings. The molecule has 1 N–H and O–H groups in total. The van der Waals surface area contributed by atoms with Crippen LogP contribution < -0.4 is 0 Å². The van der Waals surface area contributed by atoms with Crippen LogP contribution in [0.4, 0.5) is 0 Å². The van der Waals surface area contributed by atoms with E-state index in [0.29, 0.717) is 23.9 Å². The number of hydrogen-bond acceptors (Lipinski definition) is 3. The van der Waals surface area contributed by atoms with Gasteiger partial charge in [0.05, 0.1) is 27.8 Å². The molecular weight excluding hydrogens is 238 g/mol. The van der Waals surface area contributed by atoms with Gasteiger partial charge in [0.1, 0.15) is 5.76 Å². The van der Waals surface area contributed by atoms with Crippen LogP contribution in [0.2, 0.25) is 0 Å². The Bertz CT molecular complexity index is 466. The average Bonchev–Trinajstić information content (AvgIpc) is 2.13. The minimum atomic E-state index is -2.33. The summed E-state index contributed by atoms with van der Waals surface area (Å²) in [6.45, 7) is 2.30. The molecule has 0 amide bonds. The van der Waals surface area contributed by atoms with Crippen molar-refractivity contribution in [3.8, 4) is 0 Å². The smallest absolute Gasteiger partial charge is 0.136 e. The van der Waals surface area contributed by atoms with E-state index in [-0.39, 0.29) is 0 Å². The molecular formula is C12H19NO3S. The highest BCUT2D eigenvalue weighted by atomic mass is 32.2. The van der Waals surface area contributed by atoms with Crippen LogP contribution in [-0.2, 0) is 14.4 Å². The van der Waals surface area contributed by atoms with Crippen LogP contribution in [0.15, 0.2) is 15.7 Å². The summed E-state index contributed by atoms with van der Waals surface area (Å²) in [4.78, 5) is 0. The zero-order valence-corrected chi connectivity index (χ0v) is 11.1. The molecule has 0 bridgehead atoms. The van der Waals surface area contributed by atoms with E-state index in [0.717, 1.165) is 0 Å². The fraction of sp³-hybridized carbons (Fsp3) is 0.667. The van der Waals surface area contributed by atoms with E-state index < -0.39 is 15.8 Å². The van der Waals surface area contributed by atoms with Gasteiger partial charge < -0.3 is 9.84 Å². The molecule has 0 radical (unpaired) electrons. The van der Waals surface area contributed by atoms with Crippen molar-refractivity contribution in [2.24, 2.45) is 10.3 Å². The maximum Gasteiger partial charge on any atom is 0.136 e. The Hall–Kier alpha value is -0.810. The van der Waals surface area contributed by atoms with Gasteiger partial charge in [0, 0.05) is 18.0 Å². The summed E-state index contributed by atoms with van der Waals surface area (Å²) in [6, 6.07) is 0. The minimum absolute atomic E-state index is 0.536. The molecule has 2 unspecified atom stereocenters. The Balaban J connectivity index is 2.15. The van der Waals surface area contributed by atoms with E-state index in [9.17, 15) is 9.32 Å². The molecule has 0 spiro atoms. The highest BCUT2D eigenvalue weighted by molar-refractivity contribution is 7.99. The predicted octanol–water partition coefficient (Wildman–Crippen LogP) is 1.15. The SMILES string of the molecule is CC(O)C1=C(OCC2CCC2)C=S(C)(=O)N=C1. The van der Waals surface area contributed by atoms with Crippen molar-refractivity contribution >= 4 is 21.3 Å².